The van der Waals surface area contributed by atoms with Gasteiger partial charge in [-0.2, -0.15) is 0 Å². The predicted molar refractivity (Wildman–Crippen MR) is 72.0 cm³/mol. The van der Waals surface area contributed by atoms with E-state index in [1.165, 1.54) is 0 Å². The highest BCUT2D eigenvalue weighted by molar-refractivity contribution is 5.51. The molecule has 1 aromatic carbocycles. The fourth-order valence-corrected chi connectivity index (χ4v) is 2.20. The highest BCUT2D eigenvalue weighted by atomic mass is 16.6. The van der Waals surface area contributed by atoms with E-state index in [2.05, 4.69) is 9.97 Å². The molecule has 1 aliphatic rings. The van der Waals surface area contributed by atoms with Gasteiger partial charge in [0.15, 0.2) is 11.5 Å². The fraction of sp³-hybridized carbons (Fsp3) is 0.286. The molecule has 2 N–H and O–H groups in total. The normalized spacial score (nSPS) is 14.7. The first-order valence-corrected chi connectivity index (χ1v) is 6.30. The predicted octanol–water partition coefficient (Wildman–Crippen LogP) is 1.30. The van der Waals surface area contributed by atoms with Gasteiger partial charge in [-0.05, 0) is 6.07 Å². The zero-order valence-electron chi connectivity index (χ0n) is 11.1. The lowest BCUT2D eigenvalue weighted by Crippen LogP contribution is -2.21. The number of nitrogens with zero attached hydrogens (tertiary/aromatic N) is 2. The topological polar surface area (TPSA) is 79.5 Å². The highest BCUT2D eigenvalue weighted by Crippen LogP contribution is 2.38. The molecule has 6 nitrogen and oxygen atoms in total. The van der Waals surface area contributed by atoms with Gasteiger partial charge in [0, 0.05) is 18.0 Å². The van der Waals surface area contributed by atoms with Crippen LogP contribution in [0.5, 0.6) is 17.4 Å². The van der Waals surface area contributed by atoms with Crippen LogP contribution >= 0.6 is 0 Å². The van der Waals surface area contributed by atoms with Crippen LogP contribution in [0.25, 0.3) is 0 Å². The van der Waals surface area contributed by atoms with Crippen LogP contribution in [-0.2, 0) is 0 Å². The second-order valence-corrected chi connectivity index (χ2v) is 4.30. The summed E-state index contributed by atoms with van der Waals surface area (Å²) in [5, 5.41) is 0. The highest BCUT2D eigenvalue weighted by Gasteiger charge is 2.24. The van der Waals surface area contributed by atoms with Crippen molar-refractivity contribution in [3.63, 3.8) is 0 Å². The number of nitrogens with two attached hydrogens (primary N) is 1. The molecule has 0 fully saturated rings. The summed E-state index contributed by atoms with van der Waals surface area (Å²) in [4.78, 5) is 8.38. The van der Waals surface area contributed by atoms with E-state index in [4.69, 9.17) is 19.9 Å². The monoisotopic (exact) mass is 273 g/mol. The molecule has 1 aliphatic heterocycles. The Labute approximate surface area is 116 Å². The van der Waals surface area contributed by atoms with Gasteiger partial charge in [0.1, 0.15) is 18.9 Å². The van der Waals surface area contributed by atoms with Crippen molar-refractivity contribution in [2.75, 3.05) is 20.3 Å². The molecular formula is C14H15N3O3. The van der Waals surface area contributed by atoms with Crippen molar-refractivity contribution < 1.29 is 14.2 Å². The Morgan fingerprint density at radius 3 is 2.85 bits per heavy atom. The van der Waals surface area contributed by atoms with Crippen LogP contribution < -0.4 is 19.9 Å². The third-order valence-corrected chi connectivity index (χ3v) is 3.11. The Bertz CT molecular complexity index is 618. The van der Waals surface area contributed by atoms with E-state index in [-0.39, 0.29) is 0 Å². The lowest BCUT2D eigenvalue weighted by molar-refractivity contribution is 0.169. The van der Waals surface area contributed by atoms with Crippen LogP contribution in [0.1, 0.15) is 17.3 Å². The minimum Gasteiger partial charge on any atom is -0.486 e. The van der Waals surface area contributed by atoms with Crippen LogP contribution in [0.3, 0.4) is 0 Å². The average Bonchev–Trinajstić information content (AvgIpc) is 2.53. The Morgan fingerprint density at radius 2 is 2.00 bits per heavy atom. The first-order chi connectivity index (χ1) is 9.81. The van der Waals surface area contributed by atoms with Gasteiger partial charge in [0.05, 0.1) is 13.2 Å². The van der Waals surface area contributed by atoms with E-state index in [0.717, 1.165) is 5.56 Å². The summed E-state index contributed by atoms with van der Waals surface area (Å²) < 4.78 is 16.4. The van der Waals surface area contributed by atoms with Gasteiger partial charge in [0.25, 0.3) is 0 Å². The summed E-state index contributed by atoms with van der Waals surface area (Å²) in [5.41, 5.74) is 7.67. The summed E-state index contributed by atoms with van der Waals surface area (Å²) in [6.45, 7) is 1.05. The Balaban J connectivity index is 2.04. The molecule has 1 atom stereocenters. The van der Waals surface area contributed by atoms with Gasteiger partial charge >= 0.3 is 0 Å². The van der Waals surface area contributed by atoms with Crippen molar-refractivity contribution in [2.45, 2.75) is 6.04 Å². The van der Waals surface area contributed by atoms with E-state index in [0.29, 0.717) is 36.3 Å². The average molecular weight is 273 g/mol. The zero-order chi connectivity index (χ0) is 13.9. The van der Waals surface area contributed by atoms with Crippen LogP contribution in [0.4, 0.5) is 0 Å². The van der Waals surface area contributed by atoms with Gasteiger partial charge in [-0.25, -0.2) is 4.98 Å². The van der Waals surface area contributed by atoms with E-state index in [1.54, 1.807) is 19.5 Å². The Morgan fingerprint density at radius 1 is 1.20 bits per heavy atom. The Kier molecular flexibility index (Phi) is 3.39. The minimum absolute atomic E-state index is 0.411. The van der Waals surface area contributed by atoms with E-state index < -0.39 is 6.04 Å². The summed E-state index contributed by atoms with van der Waals surface area (Å²) in [6, 6.07) is 5.14. The molecule has 6 heteroatoms. The second-order valence-electron chi connectivity index (χ2n) is 4.30. The molecule has 2 heterocycles. The van der Waals surface area contributed by atoms with E-state index in [9.17, 15) is 0 Å². The number of methoxy groups -OCH3 is 1. The maximum absolute atomic E-state index is 6.30. The van der Waals surface area contributed by atoms with Crippen molar-refractivity contribution >= 4 is 0 Å². The van der Waals surface area contributed by atoms with Crippen LogP contribution in [-0.4, -0.2) is 30.3 Å². The third kappa shape index (κ3) is 2.14. The number of benzene rings is 1. The second kappa shape index (κ2) is 5.34. The van der Waals surface area contributed by atoms with E-state index in [1.807, 2.05) is 18.2 Å². The molecule has 0 amide bonds. The van der Waals surface area contributed by atoms with Crippen LogP contribution in [0.15, 0.2) is 30.6 Å². The lowest BCUT2D eigenvalue weighted by atomic mass is 10.0. The van der Waals surface area contributed by atoms with Crippen LogP contribution in [0, 0.1) is 0 Å². The number of ether oxygens (including phenoxy) is 3. The maximum atomic E-state index is 6.30. The van der Waals surface area contributed by atoms with E-state index >= 15 is 0 Å². The summed E-state index contributed by atoms with van der Waals surface area (Å²) in [5.74, 6) is 1.78. The molecule has 104 valence electrons. The number of para-hydroxylation sites is 1. The molecule has 0 aliphatic carbocycles. The van der Waals surface area contributed by atoms with Crippen molar-refractivity contribution in [3.05, 3.63) is 41.9 Å². The van der Waals surface area contributed by atoms with Crippen molar-refractivity contribution in [1.82, 2.24) is 9.97 Å². The Hall–Kier alpha value is -2.34. The van der Waals surface area contributed by atoms with Gasteiger partial charge in [-0.15, -0.1) is 0 Å². The number of hydrogen-bond acceptors (Lipinski definition) is 6. The standard InChI is InChI=1S/C14H15N3O3/c1-18-14-12(16-5-6-17-14)11(15)9-3-2-4-10-13(9)20-8-7-19-10/h2-6,11H,7-8,15H2,1H3. The number of fused-ring (bicyclic) bond motifs is 1. The molecule has 0 radical (unpaired) electrons. The number of hydrogen-bond donors (Lipinski definition) is 1. The lowest BCUT2D eigenvalue weighted by Gasteiger charge is -2.23. The molecule has 3 rings (SSSR count). The molecule has 1 aromatic heterocycles. The molecule has 0 saturated heterocycles. The van der Waals surface area contributed by atoms with Gasteiger partial charge in [-0.1, -0.05) is 12.1 Å². The molecular weight excluding hydrogens is 258 g/mol. The summed E-state index contributed by atoms with van der Waals surface area (Å²) in [7, 11) is 1.54. The fourth-order valence-electron chi connectivity index (χ4n) is 2.20. The smallest absolute Gasteiger partial charge is 0.237 e. The minimum atomic E-state index is -0.490. The largest absolute Gasteiger partial charge is 0.486 e. The van der Waals surface area contributed by atoms with Crippen molar-refractivity contribution in [1.29, 1.82) is 0 Å². The summed E-state index contributed by atoms with van der Waals surface area (Å²) in [6.07, 6.45) is 3.15. The van der Waals surface area contributed by atoms with Crippen LogP contribution in [0.2, 0.25) is 0 Å². The maximum Gasteiger partial charge on any atom is 0.237 e. The van der Waals surface area contributed by atoms with Gasteiger partial charge in [0.2, 0.25) is 5.88 Å². The number of rotatable bonds is 3. The third-order valence-electron chi connectivity index (χ3n) is 3.11. The first kappa shape index (κ1) is 12.7. The molecule has 2 aromatic rings. The van der Waals surface area contributed by atoms with Gasteiger partial charge < -0.3 is 19.9 Å². The molecule has 20 heavy (non-hydrogen) atoms. The van der Waals surface area contributed by atoms with Crippen molar-refractivity contribution in [2.24, 2.45) is 5.73 Å². The summed E-state index contributed by atoms with van der Waals surface area (Å²) >= 11 is 0. The molecule has 0 spiro atoms. The van der Waals surface area contributed by atoms with Gasteiger partial charge in [-0.3, -0.25) is 4.98 Å². The quantitative estimate of drug-likeness (QED) is 0.908. The number of aromatic nitrogens is 2. The first-order valence-electron chi connectivity index (χ1n) is 6.30. The van der Waals surface area contributed by atoms with Crippen molar-refractivity contribution in [3.8, 4) is 17.4 Å². The SMILES string of the molecule is COc1nccnc1C(N)c1cccc2c1OCCO2. The molecule has 1 unspecified atom stereocenters. The zero-order valence-corrected chi connectivity index (χ0v) is 11.1. The molecule has 0 saturated carbocycles. The molecule has 0 bridgehead atoms.